The number of amides is 1. The molecule has 1 aromatic heterocycles. The number of nitrogens with zero attached hydrogens (tertiary/aromatic N) is 2. The zero-order valence-corrected chi connectivity index (χ0v) is 10.4. The van der Waals surface area contributed by atoms with Gasteiger partial charge in [-0.05, 0) is 30.9 Å². The number of nitrogen functional groups attached to an aromatic ring is 1. The van der Waals surface area contributed by atoms with Gasteiger partial charge >= 0.3 is 0 Å². The molecule has 4 nitrogen and oxygen atoms in total. The summed E-state index contributed by atoms with van der Waals surface area (Å²) in [5.41, 5.74) is 6.72. The van der Waals surface area contributed by atoms with Crippen molar-refractivity contribution in [3.05, 3.63) is 24.0 Å². The maximum Gasteiger partial charge on any atom is 0.272 e. The molecule has 92 valence electrons. The molecule has 1 aliphatic rings. The standard InChI is InChI=1S/C13H19N3O/c1-9(2)12-4-3-7-16(12)13(17)11-8-10(14)5-6-15-11/h5-6,8-9,12H,3-4,7H2,1-2H3,(H2,14,15). The Morgan fingerprint density at radius 2 is 2.35 bits per heavy atom. The number of nitrogens with two attached hydrogens (primary N) is 1. The number of carbonyl (C=O) groups excluding carboxylic acids is 1. The molecule has 1 saturated heterocycles. The normalized spacial score (nSPS) is 19.9. The van der Waals surface area contributed by atoms with Crippen molar-refractivity contribution in [3.8, 4) is 0 Å². The molecular formula is C13H19N3O. The van der Waals surface area contributed by atoms with Crippen molar-refractivity contribution in [2.75, 3.05) is 12.3 Å². The molecule has 0 aliphatic carbocycles. The molecule has 4 heteroatoms. The highest BCUT2D eigenvalue weighted by Gasteiger charge is 2.31. The zero-order chi connectivity index (χ0) is 12.4. The molecule has 1 aliphatic heterocycles. The van der Waals surface area contributed by atoms with Crippen molar-refractivity contribution in [1.82, 2.24) is 9.88 Å². The molecule has 0 bridgehead atoms. The van der Waals surface area contributed by atoms with Crippen LogP contribution in [0.4, 0.5) is 5.69 Å². The van der Waals surface area contributed by atoms with Crippen molar-refractivity contribution in [2.24, 2.45) is 5.92 Å². The second kappa shape index (κ2) is 4.73. The van der Waals surface area contributed by atoms with Crippen LogP contribution in [0, 0.1) is 5.92 Å². The number of carbonyl (C=O) groups is 1. The molecule has 1 fully saturated rings. The van der Waals surface area contributed by atoms with E-state index in [0.29, 0.717) is 23.3 Å². The van der Waals surface area contributed by atoms with E-state index in [4.69, 9.17) is 5.73 Å². The second-order valence-corrected chi connectivity index (χ2v) is 4.93. The molecular weight excluding hydrogens is 214 g/mol. The predicted octanol–water partition coefficient (Wildman–Crippen LogP) is 1.92. The number of anilines is 1. The highest BCUT2D eigenvalue weighted by atomic mass is 16.2. The van der Waals surface area contributed by atoms with E-state index >= 15 is 0 Å². The van der Waals surface area contributed by atoms with E-state index in [1.54, 1.807) is 18.3 Å². The number of hydrogen-bond donors (Lipinski definition) is 1. The van der Waals surface area contributed by atoms with Crippen LogP contribution in [0.25, 0.3) is 0 Å². The second-order valence-electron chi connectivity index (χ2n) is 4.93. The van der Waals surface area contributed by atoms with Crippen molar-refractivity contribution >= 4 is 11.6 Å². The van der Waals surface area contributed by atoms with Gasteiger partial charge in [0.25, 0.3) is 5.91 Å². The lowest BCUT2D eigenvalue weighted by Gasteiger charge is -2.27. The van der Waals surface area contributed by atoms with Crippen molar-refractivity contribution in [3.63, 3.8) is 0 Å². The minimum absolute atomic E-state index is 0.00787. The number of likely N-dealkylation sites (tertiary alicyclic amines) is 1. The quantitative estimate of drug-likeness (QED) is 0.849. The molecule has 1 amide bonds. The van der Waals surface area contributed by atoms with Gasteiger partial charge in [-0.25, -0.2) is 0 Å². The van der Waals surface area contributed by atoms with Gasteiger partial charge < -0.3 is 10.6 Å². The fourth-order valence-electron chi connectivity index (χ4n) is 2.45. The van der Waals surface area contributed by atoms with E-state index in [9.17, 15) is 4.79 Å². The van der Waals surface area contributed by atoms with Gasteiger partial charge in [0.05, 0.1) is 0 Å². The average Bonchev–Trinajstić information content (AvgIpc) is 2.77. The molecule has 17 heavy (non-hydrogen) atoms. The molecule has 1 aromatic rings. The van der Waals surface area contributed by atoms with E-state index in [1.807, 2.05) is 4.90 Å². The number of hydrogen-bond acceptors (Lipinski definition) is 3. The summed E-state index contributed by atoms with van der Waals surface area (Å²) >= 11 is 0. The first-order chi connectivity index (χ1) is 8.09. The van der Waals surface area contributed by atoms with E-state index in [0.717, 1.165) is 19.4 Å². The van der Waals surface area contributed by atoms with Gasteiger partial charge in [0.2, 0.25) is 0 Å². The Morgan fingerprint density at radius 1 is 1.59 bits per heavy atom. The van der Waals surface area contributed by atoms with Gasteiger partial charge in [-0.3, -0.25) is 9.78 Å². The third kappa shape index (κ3) is 2.40. The molecule has 0 spiro atoms. The van der Waals surface area contributed by atoms with Crippen LogP contribution in [0.15, 0.2) is 18.3 Å². The summed E-state index contributed by atoms with van der Waals surface area (Å²) in [5.74, 6) is 0.496. The Hall–Kier alpha value is -1.58. The lowest BCUT2D eigenvalue weighted by atomic mass is 10.0. The van der Waals surface area contributed by atoms with Gasteiger partial charge in [0.15, 0.2) is 0 Å². The number of rotatable bonds is 2. The predicted molar refractivity (Wildman–Crippen MR) is 67.5 cm³/mol. The topological polar surface area (TPSA) is 59.2 Å². The summed E-state index contributed by atoms with van der Waals surface area (Å²) < 4.78 is 0. The van der Waals surface area contributed by atoms with Crippen LogP contribution < -0.4 is 5.73 Å². The molecule has 0 radical (unpaired) electrons. The SMILES string of the molecule is CC(C)C1CCCN1C(=O)c1cc(N)ccn1. The number of aromatic nitrogens is 1. The first-order valence-corrected chi connectivity index (χ1v) is 6.12. The third-order valence-electron chi connectivity index (χ3n) is 3.33. The van der Waals surface area contributed by atoms with Crippen LogP contribution in [0.5, 0.6) is 0 Å². The van der Waals surface area contributed by atoms with Crippen LogP contribution in [-0.4, -0.2) is 28.4 Å². The fraction of sp³-hybridized carbons (Fsp3) is 0.538. The first-order valence-electron chi connectivity index (χ1n) is 6.12. The van der Waals surface area contributed by atoms with E-state index < -0.39 is 0 Å². The minimum atomic E-state index is 0.00787. The summed E-state index contributed by atoms with van der Waals surface area (Å²) in [5, 5.41) is 0. The molecule has 1 unspecified atom stereocenters. The largest absolute Gasteiger partial charge is 0.399 e. The monoisotopic (exact) mass is 233 g/mol. The lowest BCUT2D eigenvalue weighted by molar-refractivity contribution is 0.0695. The van der Waals surface area contributed by atoms with Crippen LogP contribution in [0.3, 0.4) is 0 Å². The van der Waals surface area contributed by atoms with Crippen molar-refractivity contribution in [1.29, 1.82) is 0 Å². The van der Waals surface area contributed by atoms with Crippen molar-refractivity contribution < 1.29 is 4.79 Å². The highest BCUT2D eigenvalue weighted by Crippen LogP contribution is 2.25. The van der Waals surface area contributed by atoms with Crippen LogP contribution in [-0.2, 0) is 0 Å². The van der Waals surface area contributed by atoms with Crippen molar-refractivity contribution in [2.45, 2.75) is 32.7 Å². The summed E-state index contributed by atoms with van der Waals surface area (Å²) in [6.07, 6.45) is 3.76. The van der Waals surface area contributed by atoms with Crippen LogP contribution in [0.1, 0.15) is 37.2 Å². The third-order valence-corrected chi connectivity index (χ3v) is 3.33. The first kappa shape index (κ1) is 11.9. The summed E-state index contributed by atoms with van der Waals surface area (Å²) in [7, 11) is 0. The molecule has 0 saturated carbocycles. The van der Waals surface area contributed by atoms with Gasteiger partial charge in [-0.15, -0.1) is 0 Å². The maximum absolute atomic E-state index is 12.3. The maximum atomic E-state index is 12.3. The minimum Gasteiger partial charge on any atom is -0.399 e. The molecule has 2 rings (SSSR count). The number of pyridine rings is 1. The van der Waals surface area contributed by atoms with E-state index in [-0.39, 0.29) is 5.91 Å². The Labute approximate surface area is 102 Å². The fourth-order valence-corrected chi connectivity index (χ4v) is 2.45. The zero-order valence-electron chi connectivity index (χ0n) is 10.4. The molecule has 0 aromatic carbocycles. The van der Waals surface area contributed by atoms with E-state index in [2.05, 4.69) is 18.8 Å². The van der Waals surface area contributed by atoms with Gasteiger partial charge in [-0.1, -0.05) is 13.8 Å². The van der Waals surface area contributed by atoms with Crippen LogP contribution >= 0.6 is 0 Å². The Morgan fingerprint density at radius 3 is 3.00 bits per heavy atom. The van der Waals surface area contributed by atoms with Gasteiger partial charge in [0.1, 0.15) is 5.69 Å². The van der Waals surface area contributed by atoms with E-state index in [1.165, 1.54) is 0 Å². The van der Waals surface area contributed by atoms with Gasteiger partial charge in [-0.2, -0.15) is 0 Å². The Kier molecular flexibility index (Phi) is 3.31. The molecule has 2 heterocycles. The highest BCUT2D eigenvalue weighted by molar-refractivity contribution is 5.93. The summed E-state index contributed by atoms with van der Waals surface area (Å²) in [6.45, 7) is 5.14. The Balaban J connectivity index is 2.20. The summed E-state index contributed by atoms with van der Waals surface area (Å²) in [4.78, 5) is 18.4. The summed E-state index contributed by atoms with van der Waals surface area (Å²) in [6, 6.07) is 3.68. The van der Waals surface area contributed by atoms with Gasteiger partial charge in [0, 0.05) is 24.5 Å². The smallest absolute Gasteiger partial charge is 0.272 e. The Bertz CT molecular complexity index is 417. The molecule has 1 atom stereocenters. The van der Waals surface area contributed by atoms with Crippen LogP contribution in [0.2, 0.25) is 0 Å². The lowest BCUT2D eigenvalue weighted by Crippen LogP contribution is -2.38. The molecule has 2 N–H and O–H groups in total. The average molecular weight is 233 g/mol.